The molecule has 1 aromatic carbocycles. The van der Waals surface area contributed by atoms with Crippen molar-refractivity contribution in [2.45, 2.75) is 31.3 Å². The van der Waals surface area contributed by atoms with E-state index in [1.807, 2.05) is 0 Å². The first kappa shape index (κ1) is 17.6. The highest BCUT2D eigenvalue weighted by Crippen LogP contribution is 2.43. The van der Waals surface area contributed by atoms with Gasteiger partial charge in [-0.1, -0.05) is 6.08 Å². The van der Waals surface area contributed by atoms with Crippen LogP contribution in [0, 0.1) is 17.6 Å². The maximum absolute atomic E-state index is 14.2. The molecule has 1 aromatic rings. The van der Waals surface area contributed by atoms with Gasteiger partial charge in [0.1, 0.15) is 17.2 Å². The van der Waals surface area contributed by atoms with E-state index in [-0.39, 0.29) is 36.2 Å². The highest BCUT2D eigenvalue weighted by atomic mass is 19.1. The first-order valence-corrected chi connectivity index (χ1v) is 8.14. The Morgan fingerprint density at radius 1 is 1.40 bits per heavy atom. The largest absolute Gasteiger partial charge is 0.494 e. The number of allylic oxidation sites excluding steroid dienone is 2. The molecule has 2 aliphatic rings. The second-order valence-electron chi connectivity index (χ2n) is 6.32. The van der Waals surface area contributed by atoms with Gasteiger partial charge in [-0.3, -0.25) is 4.79 Å². The van der Waals surface area contributed by atoms with Gasteiger partial charge < -0.3 is 14.2 Å². The van der Waals surface area contributed by atoms with E-state index in [9.17, 15) is 13.6 Å². The van der Waals surface area contributed by atoms with Crippen molar-refractivity contribution in [1.29, 1.82) is 0 Å². The molecule has 0 radical (unpaired) electrons. The van der Waals surface area contributed by atoms with Crippen LogP contribution in [0.1, 0.15) is 24.8 Å². The molecule has 0 N–H and O–H groups in total. The summed E-state index contributed by atoms with van der Waals surface area (Å²) in [5.41, 5.74) is -0.538. The lowest BCUT2D eigenvalue weighted by Crippen LogP contribution is -2.39. The van der Waals surface area contributed by atoms with Crippen LogP contribution in [0.4, 0.5) is 8.78 Å². The van der Waals surface area contributed by atoms with E-state index in [0.29, 0.717) is 25.0 Å². The fourth-order valence-corrected chi connectivity index (χ4v) is 3.44. The van der Waals surface area contributed by atoms with Crippen molar-refractivity contribution >= 4 is 5.78 Å². The zero-order valence-electron chi connectivity index (χ0n) is 14.0. The Bertz CT molecular complexity index is 728. The van der Waals surface area contributed by atoms with Crippen LogP contribution in [0.5, 0.6) is 5.75 Å². The summed E-state index contributed by atoms with van der Waals surface area (Å²) in [4.78, 5) is 12.1. The number of carbonyl (C=O) groups excluding carboxylic acids is 1. The third-order valence-electron chi connectivity index (χ3n) is 4.82. The Labute approximate surface area is 145 Å². The number of fused-ring (bicyclic) bond motifs is 1. The smallest absolute Gasteiger partial charge is 0.189 e. The van der Waals surface area contributed by atoms with E-state index in [0.717, 1.165) is 12.1 Å². The minimum absolute atomic E-state index is 0.0160. The Kier molecular flexibility index (Phi) is 4.90. The van der Waals surface area contributed by atoms with Crippen LogP contribution in [-0.2, 0) is 20.7 Å². The molecule has 0 spiro atoms. The molecule has 134 valence electrons. The van der Waals surface area contributed by atoms with Gasteiger partial charge in [0.15, 0.2) is 24.1 Å². The molecule has 1 fully saturated rings. The lowest BCUT2D eigenvalue weighted by molar-refractivity contribution is -0.121. The molecule has 0 aromatic heterocycles. The van der Waals surface area contributed by atoms with Crippen molar-refractivity contribution < 1.29 is 27.8 Å². The van der Waals surface area contributed by atoms with Crippen molar-refractivity contribution in [2.75, 3.05) is 13.9 Å². The number of ether oxygens (including phenoxy) is 3. The van der Waals surface area contributed by atoms with Crippen LogP contribution in [0.25, 0.3) is 0 Å². The molecule has 0 amide bonds. The number of hydrogen-bond acceptors (Lipinski definition) is 4. The molecule has 1 saturated heterocycles. The summed E-state index contributed by atoms with van der Waals surface area (Å²) in [7, 11) is 1.29. The van der Waals surface area contributed by atoms with Crippen LogP contribution in [0.15, 0.2) is 36.6 Å². The molecule has 4 nitrogen and oxygen atoms in total. The highest BCUT2D eigenvalue weighted by Gasteiger charge is 2.47. The van der Waals surface area contributed by atoms with Gasteiger partial charge in [-0.05, 0) is 37.3 Å². The molecule has 1 aliphatic carbocycles. The van der Waals surface area contributed by atoms with E-state index in [1.54, 1.807) is 6.08 Å². The van der Waals surface area contributed by atoms with Gasteiger partial charge in [0.2, 0.25) is 0 Å². The molecule has 1 heterocycles. The van der Waals surface area contributed by atoms with Gasteiger partial charge in [-0.15, -0.1) is 6.58 Å². The molecular formula is C19H20F2O4. The topological polar surface area (TPSA) is 44.8 Å². The SMILES string of the molecule is C=CC[C@H]1C[C@]2(CCc3cc(F)c(OC)cc3F)OCOC2=CC1=O. The minimum Gasteiger partial charge on any atom is -0.494 e. The van der Waals surface area contributed by atoms with Crippen LogP contribution in [0.3, 0.4) is 0 Å². The van der Waals surface area contributed by atoms with Gasteiger partial charge in [-0.2, -0.15) is 0 Å². The third-order valence-corrected chi connectivity index (χ3v) is 4.82. The Balaban J connectivity index is 1.81. The van der Waals surface area contributed by atoms with Crippen LogP contribution < -0.4 is 4.74 Å². The fraction of sp³-hybridized carbons (Fsp3) is 0.421. The van der Waals surface area contributed by atoms with Crippen molar-refractivity contribution in [3.8, 4) is 5.75 Å². The summed E-state index contributed by atoms with van der Waals surface area (Å²) in [5, 5.41) is 0. The lowest BCUT2D eigenvalue weighted by atomic mass is 9.76. The maximum Gasteiger partial charge on any atom is 0.189 e. The summed E-state index contributed by atoms with van der Waals surface area (Å²) in [6.07, 6.45) is 4.80. The van der Waals surface area contributed by atoms with Crippen molar-refractivity contribution in [3.63, 3.8) is 0 Å². The molecular weight excluding hydrogens is 330 g/mol. The first-order valence-electron chi connectivity index (χ1n) is 8.14. The number of aryl methyl sites for hydroxylation is 1. The number of ketones is 1. The molecule has 25 heavy (non-hydrogen) atoms. The normalized spacial score (nSPS) is 25.2. The van der Waals surface area contributed by atoms with E-state index < -0.39 is 17.2 Å². The first-order chi connectivity index (χ1) is 12.0. The monoisotopic (exact) mass is 350 g/mol. The average Bonchev–Trinajstić information content (AvgIpc) is 2.98. The maximum atomic E-state index is 14.2. The van der Waals surface area contributed by atoms with Crippen LogP contribution in [-0.4, -0.2) is 25.3 Å². The zero-order valence-corrected chi connectivity index (χ0v) is 14.0. The number of methoxy groups -OCH3 is 1. The van der Waals surface area contributed by atoms with Gasteiger partial charge in [0, 0.05) is 18.1 Å². The molecule has 6 heteroatoms. The predicted molar refractivity (Wildman–Crippen MR) is 87.0 cm³/mol. The number of benzene rings is 1. The van der Waals surface area contributed by atoms with Gasteiger partial charge in [0.05, 0.1) is 7.11 Å². The van der Waals surface area contributed by atoms with Crippen molar-refractivity contribution in [2.24, 2.45) is 5.92 Å². The average molecular weight is 350 g/mol. The minimum atomic E-state index is -0.773. The highest BCUT2D eigenvalue weighted by molar-refractivity contribution is 5.93. The van der Waals surface area contributed by atoms with Gasteiger partial charge in [-0.25, -0.2) is 8.78 Å². The second kappa shape index (κ2) is 6.96. The van der Waals surface area contributed by atoms with Crippen molar-refractivity contribution in [3.05, 3.63) is 53.8 Å². The number of rotatable bonds is 6. The molecule has 0 unspecified atom stereocenters. The third kappa shape index (κ3) is 3.31. The van der Waals surface area contributed by atoms with E-state index in [2.05, 4.69) is 6.58 Å². The molecule has 0 saturated carbocycles. The molecule has 1 aliphatic heterocycles. The number of halogens is 2. The molecule has 3 rings (SSSR count). The molecule has 0 bridgehead atoms. The lowest BCUT2D eigenvalue weighted by Gasteiger charge is -2.33. The van der Waals surface area contributed by atoms with E-state index >= 15 is 0 Å². The van der Waals surface area contributed by atoms with Crippen molar-refractivity contribution in [1.82, 2.24) is 0 Å². The standard InChI is InChI=1S/C19H20F2O4/c1-3-4-13-10-19(18(9-16(13)22)24-11-25-19)6-5-12-7-15(21)17(23-2)8-14(12)20/h3,7-9,13H,1,4-6,10-11H2,2H3/t13-,19-/m0/s1. The number of hydrogen-bond donors (Lipinski definition) is 0. The zero-order chi connectivity index (χ0) is 18.0. The quantitative estimate of drug-likeness (QED) is 0.734. The van der Waals surface area contributed by atoms with E-state index in [1.165, 1.54) is 13.2 Å². The summed E-state index contributed by atoms with van der Waals surface area (Å²) < 4.78 is 44.0. The Hall–Kier alpha value is -2.21. The summed E-state index contributed by atoms with van der Waals surface area (Å²) >= 11 is 0. The Morgan fingerprint density at radius 3 is 2.92 bits per heavy atom. The van der Waals surface area contributed by atoms with E-state index in [4.69, 9.17) is 14.2 Å². The summed E-state index contributed by atoms with van der Waals surface area (Å²) in [6.45, 7) is 3.74. The summed E-state index contributed by atoms with van der Waals surface area (Å²) in [5.74, 6) is -1.05. The second-order valence-corrected chi connectivity index (χ2v) is 6.32. The van der Waals surface area contributed by atoms with Crippen LogP contribution in [0.2, 0.25) is 0 Å². The predicted octanol–water partition coefficient (Wildman–Crippen LogP) is 3.70. The molecule has 2 atom stereocenters. The fourth-order valence-electron chi connectivity index (χ4n) is 3.44. The van der Waals surface area contributed by atoms with Gasteiger partial charge in [0.25, 0.3) is 0 Å². The van der Waals surface area contributed by atoms with Crippen LogP contribution >= 0.6 is 0 Å². The van der Waals surface area contributed by atoms with Gasteiger partial charge >= 0.3 is 0 Å². The summed E-state index contributed by atoms with van der Waals surface area (Å²) in [6, 6.07) is 2.18. The Morgan fingerprint density at radius 2 is 2.20 bits per heavy atom. The number of carbonyl (C=O) groups is 1.